The second-order valence-electron chi connectivity index (χ2n) is 7.40. The molecule has 0 spiro atoms. The minimum atomic E-state index is -2.75. The third-order valence-electron chi connectivity index (χ3n) is 5.30. The maximum Gasteiger partial charge on any atom is 0.266 e. The summed E-state index contributed by atoms with van der Waals surface area (Å²) < 4.78 is 29.4. The summed E-state index contributed by atoms with van der Waals surface area (Å²) in [6.45, 7) is 0.152. The SMILES string of the molecule is CN(C1=CC=C1)c1nc(N2CCC(F)(F)C2)c2nnn(Cc3ccccc3Cl)c2n1. The number of hydrogen-bond acceptors (Lipinski definition) is 6. The molecule has 3 aromatic rings. The van der Waals surface area contributed by atoms with E-state index in [2.05, 4.69) is 20.3 Å². The smallest absolute Gasteiger partial charge is 0.266 e. The largest absolute Gasteiger partial charge is 0.348 e. The molecule has 0 saturated carbocycles. The van der Waals surface area contributed by atoms with Crippen molar-refractivity contribution in [2.24, 2.45) is 0 Å². The zero-order valence-corrected chi connectivity index (χ0v) is 16.9. The summed E-state index contributed by atoms with van der Waals surface area (Å²) in [4.78, 5) is 12.6. The number of anilines is 2. The lowest BCUT2D eigenvalue weighted by molar-refractivity contribution is 0.0257. The van der Waals surface area contributed by atoms with Crippen LogP contribution in [-0.4, -0.2) is 51.0 Å². The number of aromatic nitrogens is 5. The van der Waals surface area contributed by atoms with Crippen LogP contribution in [0.15, 0.2) is 48.2 Å². The molecule has 0 atom stereocenters. The first kappa shape index (κ1) is 18.9. The zero-order chi connectivity index (χ0) is 20.9. The molecule has 3 heterocycles. The Hall–Kier alpha value is -3.07. The van der Waals surface area contributed by atoms with Crippen molar-refractivity contribution in [1.82, 2.24) is 25.0 Å². The summed E-state index contributed by atoms with van der Waals surface area (Å²) in [6, 6.07) is 7.45. The first-order chi connectivity index (χ1) is 14.4. The molecule has 0 bridgehead atoms. The molecular weight excluding hydrogens is 412 g/mol. The lowest BCUT2D eigenvalue weighted by Crippen LogP contribution is -2.27. The average Bonchev–Trinajstić information content (AvgIpc) is 3.24. The van der Waals surface area contributed by atoms with Crippen molar-refractivity contribution < 1.29 is 8.78 Å². The molecule has 7 nitrogen and oxygen atoms in total. The number of halogens is 3. The van der Waals surface area contributed by atoms with E-state index in [1.165, 1.54) is 0 Å². The number of likely N-dealkylation sites (N-methyl/N-ethyl adjacent to an activating group) is 1. The molecule has 30 heavy (non-hydrogen) atoms. The summed E-state index contributed by atoms with van der Waals surface area (Å²) in [7, 11) is 1.83. The van der Waals surface area contributed by atoms with Gasteiger partial charge in [-0.3, -0.25) is 0 Å². The molecule has 154 valence electrons. The highest BCUT2D eigenvalue weighted by molar-refractivity contribution is 6.31. The number of fused-ring (bicyclic) bond motifs is 1. The Kier molecular flexibility index (Phi) is 4.43. The molecule has 0 radical (unpaired) electrons. The van der Waals surface area contributed by atoms with Crippen LogP contribution in [0.1, 0.15) is 12.0 Å². The van der Waals surface area contributed by atoms with Gasteiger partial charge in [0.25, 0.3) is 5.92 Å². The molecule has 1 saturated heterocycles. The van der Waals surface area contributed by atoms with Gasteiger partial charge in [-0.2, -0.15) is 9.97 Å². The number of rotatable bonds is 5. The van der Waals surface area contributed by atoms with Gasteiger partial charge in [-0.15, -0.1) is 5.10 Å². The number of benzene rings is 1. The van der Waals surface area contributed by atoms with Gasteiger partial charge in [0.1, 0.15) is 0 Å². The van der Waals surface area contributed by atoms with Gasteiger partial charge in [-0.1, -0.05) is 41.1 Å². The van der Waals surface area contributed by atoms with Crippen molar-refractivity contribution in [3.63, 3.8) is 0 Å². The summed E-state index contributed by atoms with van der Waals surface area (Å²) in [6.07, 6.45) is 5.55. The van der Waals surface area contributed by atoms with Gasteiger partial charge in [-0.25, -0.2) is 13.5 Å². The van der Waals surface area contributed by atoms with Gasteiger partial charge in [0.2, 0.25) is 5.95 Å². The Labute approximate surface area is 176 Å². The van der Waals surface area contributed by atoms with Crippen LogP contribution < -0.4 is 9.80 Å². The van der Waals surface area contributed by atoms with Gasteiger partial charge in [-0.05, 0) is 23.8 Å². The quantitative estimate of drug-likeness (QED) is 0.617. The van der Waals surface area contributed by atoms with E-state index in [0.717, 1.165) is 11.3 Å². The Balaban J connectivity index is 1.61. The second-order valence-corrected chi connectivity index (χ2v) is 7.80. The second kappa shape index (κ2) is 7.02. The summed E-state index contributed by atoms with van der Waals surface area (Å²) >= 11 is 6.30. The zero-order valence-electron chi connectivity index (χ0n) is 16.1. The van der Waals surface area contributed by atoms with E-state index in [9.17, 15) is 8.78 Å². The Bertz CT molecular complexity index is 1190. The monoisotopic (exact) mass is 429 g/mol. The number of allylic oxidation sites excluding steroid dienone is 3. The molecule has 10 heteroatoms. The number of hydrogen-bond donors (Lipinski definition) is 0. The van der Waals surface area contributed by atoms with Crippen molar-refractivity contribution in [1.29, 1.82) is 0 Å². The number of alkyl halides is 2. The third kappa shape index (κ3) is 3.28. The first-order valence-corrected chi connectivity index (χ1v) is 9.89. The normalized spacial score (nSPS) is 17.3. The van der Waals surface area contributed by atoms with Crippen LogP contribution in [0.4, 0.5) is 20.5 Å². The van der Waals surface area contributed by atoms with E-state index in [4.69, 9.17) is 11.6 Å². The lowest BCUT2D eigenvalue weighted by Gasteiger charge is -2.23. The minimum Gasteiger partial charge on any atom is -0.348 e. The Morgan fingerprint density at radius 1 is 1.23 bits per heavy atom. The highest BCUT2D eigenvalue weighted by Crippen LogP contribution is 2.34. The Morgan fingerprint density at radius 3 is 2.70 bits per heavy atom. The topological polar surface area (TPSA) is 63.0 Å². The van der Waals surface area contributed by atoms with Crippen molar-refractivity contribution in [2.45, 2.75) is 18.9 Å². The fraction of sp³-hybridized carbons (Fsp3) is 0.300. The lowest BCUT2D eigenvalue weighted by atomic mass is 10.2. The molecule has 0 N–H and O–H groups in total. The highest BCUT2D eigenvalue weighted by atomic mass is 35.5. The van der Waals surface area contributed by atoms with Gasteiger partial charge >= 0.3 is 0 Å². The molecule has 0 unspecified atom stereocenters. The van der Waals surface area contributed by atoms with Gasteiger partial charge in [0.15, 0.2) is 17.0 Å². The molecule has 2 aliphatic rings. The van der Waals surface area contributed by atoms with Crippen LogP contribution in [-0.2, 0) is 6.54 Å². The first-order valence-electron chi connectivity index (χ1n) is 9.51. The number of nitrogens with zero attached hydrogens (tertiary/aromatic N) is 7. The van der Waals surface area contributed by atoms with E-state index < -0.39 is 12.5 Å². The van der Waals surface area contributed by atoms with Gasteiger partial charge < -0.3 is 9.80 Å². The van der Waals surface area contributed by atoms with Crippen LogP contribution in [0.5, 0.6) is 0 Å². The van der Waals surface area contributed by atoms with Crippen LogP contribution in [0, 0.1) is 0 Å². The third-order valence-corrected chi connectivity index (χ3v) is 5.67. The fourth-order valence-corrected chi connectivity index (χ4v) is 3.73. The van der Waals surface area contributed by atoms with Gasteiger partial charge in [0, 0.05) is 30.7 Å². The molecule has 1 fully saturated rings. The predicted octanol–water partition coefficient (Wildman–Crippen LogP) is 3.66. The van der Waals surface area contributed by atoms with Crippen molar-refractivity contribution in [3.8, 4) is 0 Å². The predicted molar refractivity (Wildman–Crippen MR) is 111 cm³/mol. The van der Waals surface area contributed by atoms with E-state index in [1.54, 1.807) is 15.6 Å². The molecule has 5 rings (SSSR count). The van der Waals surface area contributed by atoms with Crippen LogP contribution in [0.25, 0.3) is 11.2 Å². The maximum absolute atomic E-state index is 13.9. The molecule has 1 aromatic carbocycles. The maximum atomic E-state index is 13.9. The highest BCUT2D eigenvalue weighted by Gasteiger charge is 2.40. The summed E-state index contributed by atoms with van der Waals surface area (Å²) in [5.41, 5.74) is 2.66. The van der Waals surface area contributed by atoms with Crippen LogP contribution in [0.2, 0.25) is 5.02 Å². The average molecular weight is 430 g/mol. The van der Waals surface area contributed by atoms with E-state index >= 15 is 0 Å². The fourth-order valence-electron chi connectivity index (χ4n) is 3.53. The van der Waals surface area contributed by atoms with Crippen LogP contribution >= 0.6 is 11.6 Å². The van der Waals surface area contributed by atoms with E-state index in [-0.39, 0.29) is 13.0 Å². The summed E-state index contributed by atoms with van der Waals surface area (Å²) in [5, 5.41) is 9.06. The molecule has 1 aliphatic heterocycles. The van der Waals surface area contributed by atoms with E-state index in [1.807, 2.05) is 48.4 Å². The molecule has 2 aromatic heterocycles. The molecule has 0 amide bonds. The van der Waals surface area contributed by atoms with Gasteiger partial charge in [0.05, 0.1) is 13.1 Å². The molecule has 1 aliphatic carbocycles. The minimum absolute atomic E-state index is 0.197. The summed E-state index contributed by atoms with van der Waals surface area (Å²) in [5.74, 6) is -1.99. The molecular formula is C20H18ClF2N7. The van der Waals surface area contributed by atoms with Crippen molar-refractivity contribution >= 4 is 34.5 Å². The van der Waals surface area contributed by atoms with Crippen molar-refractivity contribution in [2.75, 3.05) is 29.9 Å². The van der Waals surface area contributed by atoms with Crippen molar-refractivity contribution in [3.05, 3.63) is 58.8 Å². The van der Waals surface area contributed by atoms with E-state index in [0.29, 0.717) is 34.5 Å². The standard InChI is InChI=1S/C20H18ClF2N7/c1-28(14-6-4-7-14)19-24-17(29-10-9-20(22,23)12-29)16-18(25-19)30(27-26-16)11-13-5-2-3-8-15(13)21/h2-8H,9-12H2,1H3. The van der Waals surface area contributed by atoms with Crippen LogP contribution in [0.3, 0.4) is 0 Å². The Morgan fingerprint density at radius 2 is 2.03 bits per heavy atom.